The third-order valence-electron chi connectivity index (χ3n) is 7.74. The van der Waals surface area contributed by atoms with Gasteiger partial charge in [0.1, 0.15) is 0 Å². The number of carbonyl (C=O) groups excluding carboxylic acids is 1. The van der Waals surface area contributed by atoms with Crippen molar-refractivity contribution in [3.05, 3.63) is 29.1 Å². The van der Waals surface area contributed by atoms with Gasteiger partial charge in [-0.15, -0.1) is 0 Å². The highest BCUT2D eigenvalue weighted by Gasteiger charge is 2.36. The number of anilines is 1. The molecule has 32 heavy (non-hydrogen) atoms. The van der Waals surface area contributed by atoms with Crippen LogP contribution in [0.15, 0.2) is 17.8 Å². The Kier molecular flexibility index (Phi) is 5.99. The molecule has 1 aliphatic heterocycles. The number of hydrogen-bond acceptors (Lipinski definition) is 6. The number of aromatic nitrogens is 2. The van der Waals surface area contributed by atoms with Gasteiger partial charge >= 0.3 is 0 Å². The molecule has 0 aromatic carbocycles. The highest BCUT2D eigenvalue weighted by molar-refractivity contribution is 7.91. The van der Waals surface area contributed by atoms with Gasteiger partial charge in [-0.1, -0.05) is 31.4 Å². The van der Waals surface area contributed by atoms with E-state index in [-0.39, 0.29) is 35.4 Å². The average Bonchev–Trinajstić information content (AvgIpc) is 3.38. The number of carbonyl (C=O) groups is 1. The second kappa shape index (κ2) is 8.76. The number of amides is 1. The summed E-state index contributed by atoms with van der Waals surface area (Å²) in [6.07, 6.45) is 13.5. The summed E-state index contributed by atoms with van der Waals surface area (Å²) < 4.78 is 23.6. The molecule has 1 aromatic heterocycles. The lowest BCUT2D eigenvalue weighted by Crippen LogP contribution is -2.46. The largest absolute Gasteiger partial charge is 0.350 e. The van der Waals surface area contributed by atoms with Gasteiger partial charge in [-0.3, -0.25) is 4.79 Å². The molecule has 8 heteroatoms. The molecule has 7 nitrogen and oxygen atoms in total. The fourth-order valence-corrected chi connectivity index (χ4v) is 7.89. The van der Waals surface area contributed by atoms with Gasteiger partial charge in [-0.2, -0.15) is 0 Å². The molecule has 4 unspecified atom stereocenters. The summed E-state index contributed by atoms with van der Waals surface area (Å²) in [6.45, 7) is 2.27. The molecule has 0 radical (unpaired) electrons. The van der Waals surface area contributed by atoms with Gasteiger partial charge in [0.2, 0.25) is 5.95 Å². The van der Waals surface area contributed by atoms with Crippen LogP contribution in [0.3, 0.4) is 0 Å². The van der Waals surface area contributed by atoms with E-state index in [9.17, 15) is 13.2 Å². The number of allylic oxidation sites excluding steroid dienone is 1. The Balaban J connectivity index is 1.38. The van der Waals surface area contributed by atoms with Gasteiger partial charge in [0.05, 0.1) is 28.8 Å². The number of nitrogens with one attached hydrogen (secondary N) is 2. The van der Waals surface area contributed by atoms with Gasteiger partial charge in [0.25, 0.3) is 5.91 Å². The highest BCUT2D eigenvalue weighted by atomic mass is 32.2. The Morgan fingerprint density at radius 2 is 1.94 bits per heavy atom. The minimum absolute atomic E-state index is 0.0701. The number of rotatable bonds is 5. The molecule has 3 fully saturated rings. The lowest BCUT2D eigenvalue weighted by atomic mass is 9.71. The normalized spacial score (nSPS) is 31.8. The SMILES string of the molecule is CC1C=C2CCCC(C1)C2NC(=O)c1cnc(NC2CCS(=O)(=O)C2)nc1C1CCCC1. The molecule has 2 bridgehead atoms. The third-order valence-corrected chi connectivity index (χ3v) is 9.51. The molecule has 2 N–H and O–H groups in total. The molecule has 2 heterocycles. The van der Waals surface area contributed by atoms with Crippen molar-refractivity contribution in [1.82, 2.24) is 15.3 Å². The van der Waals surface area contributed by atoms with Crippen LogP contribution in [0.5, 0.6) is 0 Å². The van der Waals surface area contributed by atoms with Crippen molar-refractivity contribution in [2.24, 2.45) is 11.8 Å². The van der Waals surface area contributed by atoms with Crippen molar-refractivity contribution >= 4 is 21.7 Å². The summed E-state index contributed by atoms with van der Waals surface area (Å²) in [6, 6.07) is -0.0305. The molecule has 2 saturated carbocycles. The molecular weight excluding hydrogens is 424 g/mol. The molecule has 0 spiro atoms. The Hall–Kier alpha value is -1.96. The van der Waals surface area contributed by atoms with Gasteiger partial charge in [-0.05, 0) is 56.8 Å². The van der Waals surface area contributed by atoms with Crippen molar-refractivity contribution in [1.29, 1.82) is 0 Å². The second-order valence-corrected chi connectivity index (χ2v) is 12.5. The van der Waals surface area contributed by atoms with E-state index in [2.05, 4.69) is 28.6 Å². The van der Waals surface area contributed by atoms with E-state index in [1.54, 1.807) is 6.20 Å². The van der Waals surface area contributed by atoms with Crippen LogP contribution in [-0.4, -0.2) is 47.9 Å². The minimum atomic E-state index is -2.98. The zero-order valence-corrected chi connectivity index (χ0v) is 19.7. The minimum Gasteiger partial charge on any atom is -0.350 e. The first-order chi connectivity index (χ1) is 15.4. The van der Waals surface area contributed by atoms with Crippen LogP contribution < -0.4 is 10.6 Å². The van der Waals surface area contributed by atoms with Crippen LogP contribution in [0, 0.1) is 11.8 Å². The van der Waals surface area contributed by atoms with Crippen molar-refractivity contribution in [3.8, 4) is 0 Å². The van der Waals surface area contributed by atoms with E-state index in [1.165, 1.54) is 18.4 Å². The number of sulfone groups is 1. The summed E-state index contributed by atoms with van der Waals surface area (Å²) in [7, 11) is -2.98. The van der Waals surface area contributed by atoms with Gasteiger partial charge in [0, 0.05) is 18.2 Å². The number of fused-ring (bicyclic) bond motifs is 2. The maximum Gasteiger partial charge on any atom is 0.255 e. The van der Waals surface area contributed by atoms with Crippen molar-refractivity contribution < 1.29 is 13.2 Å². The number of hydrogen-bond donors (Lipinski definition) is 2. The van der Waals surface area contributed by atoms with E-state index in [0.29, 0.717) is 29.8 Å². The van der Waals surface area contributed by atoms with E-state index in [0.717, 1.165) is 44.2 Å². The van der Waals surface area contributed by atoms with Crippen LogP contribution in [0.25, 0.3) is 0 Å². The molecule has 1 amide bonds. The van der Waals surface area contributed by atoms with E-state index in [1.807, 2.05) is 0 Å². The summed E-state index contributed by atoms with van der Waals surface area (Å²) in [5, 5.41) is 6.54. The standard InChI is InChI=1S/C24H34N4O3S/c1-15-11-17-7-4-8-18(12-15)21(17)27-23(29)20-13-25-24(26-19-9-10-32(30,31)14-19)28-22(20)16-5-2-3-6-16/h11,13,15-16,18-19,21H,2-10,12,14H2,1H3,(H,27,29)(H,25,26,28). The van der Waals surface area contributed by atoms with Crippen LogP contribution in [0.1, 0.15) is 86.7 Å². The number of nitrogens with zero attached hydrogens (tertiary/aromatic N) is 2. The van der Waals surface area contributed by atoms with Crippen molar-refractivity contribution in [2.45, 2.75) is 82.7 Å². The molecule has 4 atom stereocenters. The van der Waals surface area contributed by atoms with Crippen molar-refractivity contribution in [2.75, 3.05) is 16.8 Å². The zero-order chi connectivity index (χ0) is 22.3. The fourth-order valence-electron chi connectivity index (χ4n) is 6.22. The van der Waals surface area contributed by atoms with E-state index < -0.39 is 9.84 Å². The molecule has 1 aromatic rings. The van der Waals surface area contributed by atoms with Gasteiger partial charge in [-0.25, -0.2) is 18.4 Å². The summed E-state index contributed by atoms with van der Waals surface area (Å²) in [4.78, 5) is 22.6. The van der Waals surface area contributed by atoms with Gasteiger partial charge in [0.15, 0.2) is 9.84 Å². The molecule has 5 rings (SSSR count). The summed E-state index contributed by atoms with van der Waals surface area (Å²) >= 11 is 0. The van der Waals surface area contributed by atoms with Crippen LogP contribution in [0.2, 0.25) is 0 Å². The predicted molar refractivity (Wildman–Crippen MR) is 124 cm³/mol. The lowest BCUT2D eigenvalue weighted by Gasteiger charge is -2.40. The molecular formula is C24H34N4O3S. The third kappa shape index (κ3) is 4.56. The maximum atomic E-state index is 13.4. The molecule has 4 aliphatic rings. The molecule has 3 aliphatic carbocycles. The highest BCUT2D eigenvalue weighted by Crippen LogP contribution is 2.39. The van der Waals surface area contributed by atoms with Crippen LogP contribution >= 0.6 is 0 Å². The van der Waals surface area contributed by atoms with Crippen molar-refractivity contribution in [3.63, 3.8) is 0 Å². The first-order valence-corrected chi connectivity index (χ1v) is 14.1. The first kappa shape index (κ1) is 21.9. The van der Waals surface area contributed by atoms with E-state index in [4.69, 9.17) is 4.98 Å². The lowest BCUT2D eigenvalue weighted by molar-refractivity contribution is 0.0913. The fraction of sp³-hybridized carbons (Fsp3) is 0.708. The molecule has 174 valence electrons. The molecule has 1 saturated heterocycles. The monoisotopic (exact) mass is 458 g/mol. The van der Waals surface area contributed by atoms with E-state index >= 15 is 0 Å². The predicted octanol–water partition coefficient (Wildman–Crippen LogP) is 3.60. The quantitative estimate of drug-likeness (QED) is 0.654. The Morgan fingerprint density at radius 3 is 2.66 bits per heavy atom. The Bertz CT molecular complexity index is 1020. The summed E-state index contributed by atoms with van der Waals surface area (Å²) in [5.41, 5.74) is 2.79. The van der Waals surface area contributed by atoms with Crippen LogP contribution in [0.4, 0.5) is 5.95 Å². The first-order valence-electron chi connectivity index (χ1n) is 12.2. The smallest absolute Gasteiger partial charge is 0.255 e. The second-order valence-electron chi connectivity index (χ2n) is 10.3. The Labute approximate surface area is 190 Å². The maximum absolute atomic E-state index is 13.4. The topological polar surface area (TPSA) is 101 Å². The van der Waals surface area contributed by atoms with Gasteiger partial charge < -0.3 is 10.6 Å². The average molecular weight is 459 g/mol. The summed E-state index contributed by atoms with van der Waals surface area (Å²) in [5.74, 6) is 2.06. The zero-order valence-electron chi connectivity index (χ0n) is 18.8. The van der Waals surface area contributed by atoms with Crippen LogP contribution in [-0.2, 0) is 9.84 Å². The Morgan fingerprint density at radius 1 is 1.12 bits per heavy atom.